The highest BCUT2D eigenvalue weighted by Gasteiger charge is 2.01. The van der Waals surface area contributed by atoms with E-state index in [-0.39, 0.29) is 0 Å². The first-order chi connectivity index (χ1) is 8.67. The van der Waals surface area contributed by atoms with Gasteiger partial charge in [-0.1, -0.05) is 0 Å². The first kappa shape index (κ1) is 12.3. The van der Waals surface area contributed by atoms with E-state index in [1.165, 1.54) is 0 Å². The van der Waals surface area contributed by atoms with Crippen LogP contribution in [0, 0.1) is 0 Å². The Morgan fingerprint density at radius 1 is 1.39 bits per heavy atom. The van der Waals surface area contributed by atoms with Gasteiger partial charge in [0.2, 0.25) is 0 Å². The van der Waals surface area contributed by atoms with E-state index in [1.807, 2.05) is 44.4 Å². The maximum absolute atomic E-state index is 5.82. The molecular weight excluding hydrogens is 228 g/mol. The van der Waals surface area contributed by atoms with Crippen molar-refractivity contribution < 1.29 is 4.74 Å². The van der Waals surface area contributed by atoms with E-state index in [2.05, 4.69) is 10.4 Å². The first-order valence-corrected chi connectivity index (χ1v) is 5.93. The predicted octanol–water partition coefficient (Wildman–Crippen LogP) is 2.01. The Labute approximate surface area is 107 Å². The van der Waals surface area contributed by atoms with E-state index in [4.69, 9.17) is 10.5 Å². The molecule has 0 saturated carbocycles. The Balaban J connectivity index is 2.04. The number of nitrogen functional groups attached to an aromatic ring is 1. The van der Waals surface area contributed by atoms with Gasteiger partial charge in [-0.2, -0.15) is 5.10 Å². The maximum atomic E-state index is 5.82. The van der Waals surface area contributed by atoms with Gasteiger partial charge in [-0.05, 0) is 19.1 Å². The minimum atomic E-state index is 0.628. The SMILES string of the molecule is CCOc1cc(N)cc(NCc2ccn(C)n2)c1. The topological polar surface area (TPSA) is 65.1 Å². The quantitative estimate of drug-likeness (QED) is 0.792. The van der Waals surface area contributed by atoms with Crippen LogP contribution in [0.15, 0.2) is 30.5 Å². The van der Waals surface area contributed by atoms with Gasteiger partial charge in [0.15, 0.2) is 0 Å². The summed E-state index contributed by atoms with van der Waals surface area (Å²) in [7, 11) is 1.90. The Morgan fingerprint density at radius 3 is 2.89 bits per heavy atom. The van der Waals surface area contributed by atoms with Crippen LogP contribution in [-0.4, -0.2) is 16.4 Å². The first-order valence-electron chi connectivity index (χ1n) is 5.93. The molecule has 0 amide bonds. The molecule has 0 unspecified atom stereocenters. The van der Waals surface area contributed by atoms with Gasteiger partial charge in [0.05, 0.1) is 18.8 Å². The molecule has 0 saturated heterocycles. The minimum absolute atomic E-state index is 0.628. The third kappa shape index (κ3) is 3.16. The van der Waals surface area contributed by atoms with Crippen molar-refractivity contribution in [2.75, 3.05) is 17.7 Å². The van der Waals surface area contributed by atoms with Crippen LogP contribution in [0.2, 0.25) is 0 Å². The molecule has 3 N–H and O–H groups in total. The van der Waals surface area contributed by atoms with Crippen LogP contribution in [0.25, 0.3) is 0 Å². The van der Waals surface area contributed by atoms with Gasteiger partial charge in [0.1, 0.15) is 5.75 Å². The lowest BCUT2D eigenvalue weighted by Gasteiger charge is -2.09. The van der Waals surface area contributed by atoms with E-state index < -0.39 is 0 Å². The van der Waals surface area contributed by atoms with Gasteiger partial charge in [-0.3, -0.25) is 4.68 Å². The highest BCUT2D eigenvalue weighted by molar-refractivity contribution is 5.59. The van der Waals surface area contributed by atoms with Crippen LogP contribution in [0.4, 0.5) is 11.4 Å². The normalized spacial score (nSPS) is 10.3. The number of nitrogens with two attached hydrogens (primary N) is 1. The molecule has 0 radical (unpaired) electrons. The fraction of sp³-hybridized carbons (Fsp3) is 0.308. The van der Waals surface area contributed by atoms with Crippen molar-refractivity contribution in [3.63, 3.8) is 0 Å². The molecule has 0 aliphatic carbocycles. The molecule has 0 aliphatic heterocycles. The van der Waals surface area contributed by atoms with Crippen LogP contribution < -0.4 is 15.8 Å². The summed E-state index contributed by atoms with van der Waals surface area (Å²) in [4.78, 5) is 0. The van der Waals surface area contributed by atoms with E-state index >= 15 is 0 Å². The van der Waals surface area contributed by atoms with Gasteiger partial charge in [0.25, 0.3) is 0 Å². The number of nitrogens with one attached hydrogen (secondary N) is 1. The molecule has 1 aromatic heterocycles. The zero-order chi connectivity index (χ0) is 13.0. The Hall–Kier alpha value is -2.17. The molecule has 5 nitrogen and oxygen atoms in total. The number of anilines is 2. The van der Waals surface area contributed by atoms with E-state index in [0.29, 0.717) is 18.8 Å². The van der Waals surface area contributed by atoms with Crippen LogP contribution in [0.3, 0.4) is 0 Å². The van der Waals surface area contributed by atoms with Crippen molar-refractivity contribution in [3.8, 4) is 5.75 Å². The van der Waals surface area contributed by atoms with Crippen LogP contribution in [-0.2, 0) is 13.6 Å². The maximum Gasteiger partial charge on any atom is 0.123 e. The molecule has 0 bridgehead atoms. The lowest BCUT2D eigenvalue weighted by molar-refractivity contribution is 0.340. The third-order valence-corrected chi connectivity index (χ3v) is 2.48. The Bertz CT molecular complexity index is 521. The van der Waals surface area contributed by atoms with Crippen LogP contribution in [0.5, 0.6) is 5.75 Å². The van der Waals surface area contributed by atoms with E-state index in [9.17, 15) is 0 Å². The largest absolute Gasteiger partial charge is 0.494 e. The molecule has 0 atom stereocenters. The summed E-state index contributed by atoms with van der Waals surface area (Å²) in [6.45, 7) is 3.24. The van der Waals surface area contributed by atoms with Gasteiger partial charge < -0.3 is 15.8 Å². The average Bonchev–Trinajstić information content (AvgIpc) is 2.72. The summed E-state index contributed by atoms with van der Waals surface area (Å²) in [5.74, 6) is 0.779. The molecule has 2 aromatic rings. The summed E-state index contributed by atoms with van der Waals surface area (Å²) < 4.78 is 7.22. The molecular formula is C13H18N4O. The van der Waals surface area contributed by atoms with Gasteiger partial charge in [-0.25, -0.2) is 0 Å². The lowest BCUT2D eigenvalue weighted by atomic mass is 10.2. The van der Waals surface area contributed by atoms with Crippen LogP contribution >= 0.6 is 0 Å². The number of ether oxygens (including phenoxy) is 1. The average molecular weight is 246 g/mol. The molecule has 0 aliphatic rings. The van der Waals surface area contributed by atoms with Crippen LogP contribution in [0.1, 0.15) is 12.6 Å². The van der Waals surface area contributed by atoms with Crippen molar-refractivity contribution in [1.29, 1.82) is 0 Å². The van der Waals surface area contributed by atoms with Gasteiger partial charge >= 0.3 is 0 Å². The highest BCUT2D eigenvalue weighted by Crippen LogP contribution is 2.22. The van der Waals surface area contributed by atoms with E-state index in [0.717, 1.165) is 17.1 Å². The van der Waals surface area contributed by atoms with Gasteiger partial charge in [-0.15, -0.1) is 0 Å². The molecule has 0 spiro atoms. The fourth-order valence-electron chi connectivity index (χ4n) is 1.72. The molecule has 5 heteroatoms. The molecule has 1 aromatic carbocycles. The molecule has 2 rings (SSSR count). The zero-order valence-electron chi connectivity index (χ0n) is 10.7. The van der Waals surface area contributed by atoms with Crippen molar-refractivity contribution in [1.82, 2.24) is 9.78 Å². The number of benzene rings is 1. The summed E-state index contributed by atoms with van der Waals surface area (Å²) in [5, 5.41) is 7.58. The minimum Gasteiger partial charge on any atom is -0.494 e. The van der Waals surface area contributed by atoms with Crippen molar-refractivity contribution in [2.24, 2.45) is 7.05 Å². The summed E-state index contributed by atoms with van der Waals surface area (Å²) in [6.07, 6.45) is 1.92. The van der Waals surface area contributed by atoms with Crippen molar-refractivity contribution in [2.45, 2.75) is 13.5 Å². The molecule has 0 fully saturated rings. The second kappa shape index (κ2) is 5.44. The summed E-state index contributed by atoms with van der Waals surface area (Å²) in [6, 6.07) is 7.60. The molecule has 1 heterocycles. The second-order valence-electron chi connectivity index (χ2n) is 4.06. The van der Waals surface area contributed by atoms with E-state index in [1.54, 1.807) is 4.68 Å². The number of aromatic nitrogens is 2. The fourth-order valence-corrected chi connectivity index (χ4v) is 1.72. The summed E-state index contributed by atoms with van der Waals surface area (Å²) >= 11 is 0. The summed E-state index contributed by atoms with van der Waals surface area (Å²) in [5.41, 5.74) is 8.43. The Morgan fingerprint density at radius 2 is 2.22 bits per heavy atom. The molecule has 96 valence electrons. The third-order valence-electron chi connectivity index (χ3n) is 2.48. The molecule has 18 heavy (non-hydrogen) atoms. The number of rotatable bonds is 5. The van der Waals surface area contributed by atoms with Gasteiger partial charge in [0, 0.05) is 36.8 Å². The Kier molecular flexibility index (Phi) is 3.72. The second-order valence-corrected chi connectivity index (χ2v) is 4.06. The lowest BCUT2D eigenvalue weighted by Crippen LogP contribution is -2.02. The monoisotopic (exact) mass is 246 g/mol. The predicted molar refractivity (Wildman–Crippen MR) is 72.6 cm³/mol. The number of hydrogen-bond donors (Lipinski definition) is 2. The number of nitrogens with zero attached hydrogens (tertiary/aromatic N) is 2. The highest BCUT2D eigenvalue weighted by atomic mass is 16.5. The number of aryl methyl sites for hydroxylation is 1. The number of hydrogen-bond acceptors (Lipinski definition) is 4. The smallest absolute Gasteiger partial charge is 0.123 e. The van der Waals surface area contributed by atoms with Crippen molar-refractivity contribution >= 4 is 11.4 Å². The van der Waals surface area contributed by atoms with Crippen molar-refractivity contribution in [3.05, 3.63) is 36.2 Å². The zero-order valence-corrected chi connectivity index (χ0v) is 10.7. The standard InChI is InChI=1S/C13H18N4O/c1-3-18-13-7-10(14)6-12(8-13)15-9-11-4-5-17(2)16-11/h4-8,15H,3,9,14H2,1-2H3.